The van der Waals surface area contributed by atoms with Gasteiger partial charge in [-0.25, -0.2) is 9.97 Å². The highest BCUT2D eigenvalue weighted by molar-refractivity contribution is 14.1. The number of nitrogens with zero attached hydrogens (tertiary/aromatic N) is 2. The smallest absolute Gasteiger partial charge is 0.264 e. The first-order chi connectivity index (χ1) is 9.20. The van der Waals surface area contributed by atoms with Crippen molar-refractivity contribution in [2.24, 2.45) is 0 Å². The molecule has 0 aliphatic heterocycles. The molecule has 0 aliphatic carbocycles. The second-order valence-corrected chi connectivity index (χ2v) is 7.99. The van der Waals surface area contributed by atoms with Crippen LogP contribution < -0.4 is 5.56 Å². The molecule has 0 aromatic carbocycles. The van der Waals surface area contributed by atoms with Crippen LogP contribution in [0.25, 0.3) is 11.5 Å². The molecule has 0 saturated carbocycles. The Morgan fingerprint density at radius 1 is 1.30 bits per heavy atom. The summed E-state index contributed by atoms with van der Waals surface area (Å²) < 4.78 is 0.660. The van der Waals surface area contributed by atoms with Gasteiger partial charge < -0.3 is 4.98 Å². The van der Waals surface area contributed by atoms with Crippen LogP contribution in [0.15, 0.2) is 10.2 Å². The van der Waals surface area contributed by atoms with Crippen LogP contribution in [-0.2, 0) is 5.41 Å². The second kappa shape index (κ2) is 5.55. The van der Waals surface area contributed by atoms with Crippen LogP contribution in [0.1, 0.15) is 51.2 Å². The quantitative estimate of drug-likeness (QED) is 0.774. The molecule has 2 aromatic heterocycles. The molecule has 0 bridgehead atoms. The van der Waals surface area contributed by atoms with E-state index in [-0.39, 0.29) is 16.9 Å². The highest BCUT2D eigenvalue weighted by atomic mass is 127. The van der Waals surface area contributed by atoms with Gasteiger partial charge in [0.25, 0.3) is 5.56 Å². The first-order valence-electron chi connectivity index (χ1n) is 6.46. The average Bonchev–Trinajstić information content (AvgIpc) is 2.81. The fraction of sp³-hybridized carbons (Fsp3) is 0.500. The molecular formula is C14H18IN3OS. The lowest BCUT2D eigenvalue weighted by Gasteiger charge is -2.13. The number of hydrogen-bond donors (Lipinski definition) is 1. The van der Waals surface area contributed by atoms with E-state index < -0.39 is 0 Å². The monoisotopic (exact) mass is 403 g/mol. The zero-order chi connectivity index (χ0) is 15.1. The average molecular weight is 403 g/mol. The van der Waals surface area contributed by atoms with Gasteiger partial charge in [0.05, 0.1) is 14.3 Å². The van der Waals surface area contributed by atoms with Gasteiger partial charge in [-0.2, -0.15) is 0 Å². The van der Waals surface area contributed by atoms with Gasteiger partial charge in [0.2, 0.25) is 0 Å². The third kappa shape index (κ3) is 3.11. The summed E-state index contributed by atoms with van der Waals surface area (Å²) in [5.41, 5.74) is 1.49. The van der Waals surface area contributed by atoms with Crippen molar-refractivity contribution in [2.75, 3.05) is 0 Å². The van der Waals surface area contributed by atoms with Crippen LogP contribution in [0.3, 0.4) is 0 Å². The fourth-order valence-electron chi connectivity index (χ4n) is 1.71. The maximum Gasteiger partial charge on any atom is 0.264 e. The molecule has 0 unspecified atom stereocenters. The summed E-state index contributed by atoms with van der Waals surface area (Å²) >= 11 is 3.65. The molecule has 0 amide bonds. The zero-order valence-electron chi connectivity index (χ0n) is 12.2. The van der Waals surface area contributed by atoms with Crippen molar-refractivity contribution in [1.29, 1.82) is 0 Å². The molecule has 2 aromatic rings. The van der Waals surface area contributed by atoms with Crippen molar-refractivity contribution in [3.8, 4) is 11.5 Å². The Hall–Kier alpha value is -0.760. The lowest BCUT2D eigenvalue weighted by Crippen LogP contribution is -2.17. The minimum atomic E-state index is -0.0930. The van der Waals surface area contributed by atoms with Crippen molar-refractivity contribution in [3.63, 3.8) is 0 Å². The Bertz CT molecular complexity index is 682. The standard InChI is InChI=1S/C14H18IN3OS/c1-7(2)10-9(15)12(19)18-11(17-10)8-6-20-13(16-8)14(3,4)5/h6-7H,1-5H3,(H,17,18,19). The Labute approximate surface area is 136 Å². The van der Waals surface area contributed by atoms with Crippen LogP contribution in [0.4, 0.5) is 0 Å². The van der Waals surface area contributed by atoms with E-state index in [9.17, 15) is 4.79 Å². The molecule has 1 N–H and O–H groups in total. The highest BCUT2D eigenvalue weighted by Gasteiger charge is 2.20. The lowest BCUT2D eigenvalue weighted by molar-refractivity contribution is 0.585. The first-order valence-corrected chi connectivity index (χ1v) is 8.42. The summed E-state index contributed by atoms with van der Waals surface area (Å²) in [6.07, 6.45) is 0. The Morgan fingerprint density at radius 3 is 2.45 bits per heavy atom. The third-order valence-electron chi connectivity index (χ3n) is 2.82. The van der Waals surface area contributed by atoms with Crippen LogP contribution in [-0.4, -0.2) is 15.0 Å². The van der Waals surface area contributed by atoms with Crippen LogP contribution in [0, 0.1) is 3.57 Å². The summed E-state index contributed by atoms with van der Waals surface area (Å²) in [5.74, 6) is 0.773. The third-order valence-corrected chi connectivity index (χ3v) is 5.13. The molecule has 0 atom stereocenters. The van der Waals surface area contributed by atoms with E-state index in [1.807, 2.05) is 19.2 Å². The van der Waals surface area contributed by atoms with E-state index in [1.54, 1.807) is 11.3 Å². The van der Waals surface area contributed by atoms with Gasteiger partial charge in [-0.15, -0.1) is 11.3 Å². The maximum absolute atomic E-state index is 12.0. The van der Waals surface area contributed by atoms with E-state index in [0.29, 0.717) is 9.39 Å². The summed E-state index contributed by atoms with van der Waals surface area (Å²) in [5, 5.41) is 3.00. The number of hydrogen-bond acceptors (Lipinski definition) is 4. The van der Waals surface area contributed by atoms with Crippen LogP contribution in [0.5, 0.6) is 0 Å². The Kier molecular flexibility index (Phi) is 4.34. The summed E-state index contributed by atoms with van der Waals surface area (Å²) in [4.78, 5) is 24.0. The lowest BCUT2D eigenvalue weighted by atomic mass is 9.98. The number of halogens is 1. The number of rotatable bonds is 2. The van der Waals surface area contributed by atoms with Crippen molar-refractivity contribution in [2.45, 2.75) is 46.0 Å². The van der Waals surface area contributed by atoms with Crippen LogP contribution in [0.2, 0.25) is 0 Å². The minimum Gasteiger partial charge on any atom is -0.304 e. The number of aromatic nitrogens is 3. The van der Waals surface area contributed by atoms with E-state index in [0.717, 1.165) is 16.4 Å². The maximum atomic E-state index is 12.0. The van der Waals surface area contributed by atoms with E-state index in [4.69, 9.17) is 0 Å². The molecule has 2 rings (SSSR count). The van der Waals surface area contributed by atoms with Crippen molar-refractivity contribution in [3.05, 3.63) is 30.0 Å². The van der Waals surface area contributed by atoms with Crippen molar-refractivity contribution >= 4 is 33.9 Å². The highest BCUT2D eigenvalue weighted by Crippen LogP contribution is 2.29. The van der Waals surface area contributed by atoms with Crippen molar-refractivity contribution < 1.29 is 0 Å². The van der Waals surface area contributed by atoms with Gasteiger partial charge in [-0.3, -0.25) is 4.79 Å². The predicted octanol–water partition coefficient (Wildman–Crippen LogP) is 3.92. The van der Waals surface area contributed by atoms with Crippen molar-refractivity contribution in [1.82, 2.24) is 15.0 Å². The van der Waals surface area contributed by atoms with Gasteiger partial charge in [-0.1, -0.05) is 34.6 Å². The number of aromatic amines is 1. The van der Waals surface area contributed by atoms with E-state index in [1.165, 1.54) is 0 Å². The Balaban J connectivity index is 2.54. The molecule has 20 heavy (non-hydrogen) atoms. The molecular weight excluding hydrogens is 385 g/mol. The molecule has 108 valence electrons. The molecule has 6 heteroatoms. The van der Waals surface area contributed by atoms with E-state index in [2.05, 4.69) is 58.3 Å². The largest absolute Gasteiger partial charge is 0.304 e. The zero-order valence-corrected chi connectivity index (χ0v) is 15.2. The van der Waals surface area contributed by atoms with Gasteiger partial charge in [0.15, 0.2) is 5.82 Å². The topological polar surface area (TPSA) is 58.6 Å². The van der Waals surface area contributed by atoms with E-state index >= 15 is 0 Å². The summed E-state index contributed by atoms with van der Waals surface area (Å²) in [7, 11) is 0. The molecule has 0 aliphatic rings. The second-order valence-electron chi connectivity index (χ2n) is 6.06. The molecule has 0 saturated heterocycles. The first kappa shape index (κ1) is 15.6. The number of nitrogens with one attached hydrogen (secondary N) is 1. The molecule has 0 radical (unpaired) electrons. The fourth-order valence-corrected chi connectivity index (χ4v) is 3.48. The molecule has 0 fully saturated rings. The molecule has 0 spiro atoms. The normalized spacial score (nSPS) is 12.2. The number of H-pyrrole nitrogens is 1. The van der Waals surface area contributed by atoms with Gasteiger partial charge in [-0.05, 0) is 28.5 Å². The van der Waals surface area contributed by atoms with Gasteiger partial charge in [0.1, 0.15) is 5.69 Å². The number of thiazole rings is 1. The minimum absolute atomic E-state index is 0.00724. The Morgan fingerprint density at radius 2 is 1.95 bits per heavy atom. The molecule has 4 nitrogen and oxygen atoms in total. The van der Waals surface area contributed by atoms with Gasteiger partial charge >= 0.3 is 0 Å². The molecule has 2 heterocycles. The summed E-state index contributed by atoms with van der Waals surface area (Å²) in [6.45, 7) is 10.4. The van der Waals surface area contributed by atoms with Crippen LogP contribution >= 0.6 is 33.9 Å². The predicted molar refractivity (Wildman–Crippen MR) is 91.5 cm³/mol. The summed E-state index contributed by atoms with van der Waals surface area (Å²) in [6, 6.07) is 0. The SMILES string of the molecule is CC(C)c1nc(-c2csc(C(C)(C)C)n2)[nH]c(=O)c1I. The van der Waals surface area contributed by atoms with Gasteiger partial charge in [0, 0.05) is 10.8 Å².